The number of benzene rings is 1. The number of carbonyl (C=O) groups is 1. The van der Waals surface area contributed by atoms with Gasteiger partial charge in [0.05, 0.1) is 12.1 Å². The van der Waals surface area contributed by atoms with Crippen molar-refractivity contribution < 1.29 is 19.0 Å². The second kappa shape index (κ2) is 4.02. The average Bonchev–Trinajstić information content (AvgIpc) is 2.13. The predicted octanol–water partition coefficient (Wildman–Crippen LogP) is 2.84. The molecule has 0 spiro atoms. The van der Waals surface area contributed by atoms with Crippen molar-refractivity contribution >= 4 is 29.2 Å². The third kappa shape index (κ3) is 1.76. The highest BCUT2D eigenvalue weighted by Gasteiger charge is 2.20. The molecule has 0 saturated heterocycles. The number of carboxylic acid groups (broad SMARTS) is 1. The number of rotatable bonds is 2. The molecular formula is C8H5Cl2FO3. The molecule has 0 aliphatic heterocycles. The number of hydrogen-bond donors (Lipinski definition) is 1. The first-order valence-corrected chi connectivity index (χ1v) is 4.19. The van der Waals surface area contributed by atoms with Gasteiger partial charge in [-0.1, -0.05) is 23.2 Å². The van der Waals surface area contributed by atoms with E-state index in [1.807, 2.05) is 0 Å². The van der Waals surface area contributed by atoms with Crippen LogP contribution in [0.1, 0.15) is 10.4 Å². The predicted molar refractivity (Wildman–Crippen MR) is 49.9 cm³/mol. The minimum Gasteiger partial charge on any atom is -0.494 e. The van der Waals surface area contributed by atoms with E-state index in [2.05, 4.69) is 0 Å². The molecule has 3 nitrogen and oxygen atoms in total. The summed E-state index contributed by atoms with van der Waals surface area (Å²) in [5, 5.41) is 8.09. The number of methoxy groups -OCH3 is 1. The van der Waals surface area contributed by atoms with Gasteiger partial charge in [-0.15, -0.1) is 0 Å². The molecule has 76 valence electrons. The van der Waals surface area contributed by atoms with Crippen LogP contribution in [0.2, 0.25) is 10.0 Å². The Bertz CT molecular complexity index is 393. The minimum atomic E-state index is -1.33. The Balaban J connectivity index is 3.51. The molecule has 1 aromatic carbocycles. The smallest absolute Gasteiger partial charge is 0.339 e. The lowest BCUT2D eigenvalue weighted by Gasteiger charge is -2.08. The average molecular weight is 239 g/mol. The molecule has 0 heterocycles. The van der Waals surface area contributed by atoms with Gasteiger partial charge in [-0.25, -0.2) is 9.18 Å². The monoisotopic (exact) mass is 238 g/mol. The van der Waals surface area contributed by atoms with Crippen LogP contribution in [0.3, 0.4) is 0 Å². The van der Waals surface area contributed by atoms with Gasteiger partial charge in [-0.3, -0.25) is 0 Å². The third-order valence-corrected chi connectivity index (χ3v) is 2.38. The standard InChI is InChI=1S/C8H5Cl2FO3/c1-14-7-3(8(12)13)2-4(11)5(9)6(7)10/h2H,1H3,(H,12,13). The summed E-state index contributed by atoms with van der Waals surface area (Å²) in [6, 6.07) is 0.759. The first kappa shape index (κ1) is 11.1. The lowest BCUT2D eigenvalue weighted by molar-refractivity contribution is 0.0692. The zero-order valence-corrected chi connectivity index (χ0v) is 8.49. The van der Waals surface area contributed by atoms with Crippen molar-refractivity contribution in [2.75, 3.05) is 7.11 Å². The molecule has 0 bridgehead atoms. The Morgan fingerprint density at radius 3 is 2.50 bits per heavy atom. The van der Waals surface area contributed by atoms with Crippen LogP contribution in [0, 0.1) is 5.82 Å². The normalized spacial score (nSPS) is 10.0. The molecule has 0 aliphatic rings. The van der Waals surface area contributed by atoms with E-state index in [0.717, 1.165) is 6.07 Å². The summed E-state index contributed by atoms with van der Waals surface area (Å²) in [4.78, 5) is 10.6. The molecule has 0 aliphatic carbocycles. The SMILES string of the molecule is COc1c(C(=O)O)cc(F)c(Cl)c1Cl. The van der Waals surface area contributed by atoms with Crippen LogP contribution in [-0.2, 0) is 0 Å². The van der Waals surface area contributed by atoms with E-state index in [4.69, 9.17) is 33.0 Å². The fraction of sp³-hybridized carbons (Fsp3) is 0.125. The van der Waals surface area contributed by atoms with Crippen molar-refractivity contribution in [3.63, 3.8) is 0 Å². The Morgan fingerprint density at radius 1 is 1.50 bits per heavy atom. The molecule has 0 fully saturated rings. The maximum Gasteiger partial charge on any atom is 0.339 e. The van der Waals surface area contributed by atoms with Crippen LogP contribution in [0.15, 0.2) is 6.07 Å². The highest BCUT2D eigenvalue weighted by atomic mass is 35.5. The van der Waals surface area contributed by atoms with E-state index in [0.29, 0.717) is 0 Å². The van der Waals surface area contributed by atoms with E-state index < -0.39 is 11.8 Å². The molecule has 6 heteroatoms. The van der Waals surface area contributed by atoms with E-state index in [-0.39, 0.29) is 21.4 Å². The molecule has 0 saturated carbocycles. The Kier molecular flexibility index (Phi) is 3.18. The number of aromatic carboxylic acids is 1. The highest BCUT2D eigenvalue weighted by Crippen LogP contribution is 2.36. The molecular weight excluding hydrogens is 234 g/mol. The summed E-state index contributed by atoms with van der Waals surface area (Å²) in [6.45, 7) is 0. The zero-order chi connectivity index (χ0) is 10.9. The summed E-state index contributed by atoms with van der Waals surface area (Å²) in [7, 11) is 1.22. The highest BCUT2D eigenvalue weighted by molar-refractivity contribution is 6.43. The molecule has 0 radical (unpaired) electrons. The van der Waals surface area contributed by atoms with Crippen molar-refractivity contribution in [2.45, 2.75) is 0 Å². The summed E-state index contributed by atoms with van der Waals surface area (Å²) >= 11 is 11.0. The molecule has 14 heavy (non-hydrogen) atoms. The van der Waals surface area contributed by atoms with Gasteiger partial charge in [0, 0.05) is 0 Å². The number of halogens is 3. The first-order chi connectivity index (χ1) is 6.49. The topological polar surface area (TPSA) is 46.5 Å². The van der Waals surface area contributed by atoms with Gasteiger partial charge in [0.2, 0.25) is 0 Å². The second-order valence-corrected chi connectivity index (χ2v) is 3.13. The van der Waals surface area contributed by atoms with Crippen molar-refractivity contribution in [1.82, 2.24) is 0 Å². The summed E-state index contributed by atoms with van der Waals surface area (Å²) < 4.78 is 17.7. The van der Waals surface area contributed by atoms with Crippen LogP contribution < -0.4 is 4.74 Å². The Morgan fingerprint density at radius 2 is 2.07 bits per heavy atom. The largest absolute Gasteiger partial charge is 0.494 e. The molecule has 0 aromatic heterocycles. The lowest BCUT2D eigenvalue weighted by Crippen LogP contribution is -2.02. The second-order valence-electron chi connectivity index (χ2n) is 2.37. The van der Waals surface area contributed by atoms with E-state index in [1.54, 1.807) is 0 Å². The van der Waals surface area contributed by atoms with Gasteiger partial charge in [0.1, 0.15) is 16.4 Å². The number of carboxylic acids is 1. The Hall–Kier alpha value is -1.00. The third-order valence-electron chi connectivity index (χ3n) is 1.55. The Labute approximate surface area is 89.0 Å². The van der Waals surface area contributed by atoms with Gasteiger partial charge in [0.15, 0.2) is 5.75 Å². The molecule has 1 N–H and O–H groups in total. The zero-order valence-electron chi connectivity index (χ0n) is 6.97. The van der Waals surface area contributed by atoms with Crippen molar-refractivity contribution in [3.8, 4) is 5.75 Å². The van der Waals surface area contributed by atoms with Gasteiger partial charge >= 0.3 is 5.97 Å². The van der Waals surface area contributed by atoms with Gasteiger partial charge < -0.3 is 9.84 Å². The van der Waals surface area contributed by atoms with Crippen LogP contribution in [0.25, 0.3) is 0 Å². The molecule has 1 aromatic rings. The molecule has 0 unspecified atom stereocenters. The van der Waals surface area contributed by atoms with Crippen LogP contribution >= 0.6 is 23.2 Å². The quantitative estimate of drug-likeness (QED) is 0.807. The number of ether oxygens (including phenoxy) is 1. The van der Waals surface area contributed by atoms with Crippen LogP contribution in [0.4, 0.5) is 4.39 Å². The van der Waals surface area contributed by atoms with Gasteiger partial charge in [0.25, 0.3) is 0 Å². The van der Waals surface area contributed by atoms with Crippen molar-refractivity contribution in [1.29, 1.82) is 0 Å². The molecule has 0 atom stereocenters. The summed E-state index contributed by atoms with van der Waals surface area (Å²) in [6.07, 6.45) is 0. The van der Waals surface area contributed by atoms with Crippen molar-refractivity contribution in [3.05, 3.63) is 27.5 Å². The summed E-state index contributed by atoms with van der Waals surface area (Å²) in [5.41, 5.74) is -0.362. The first-order valence-electron chi connectivity index (χ1n) is 3.43. The fourth-order valence-corrected chi connectivity index (χ4v) is 1.35. The van der Waals surface area contributed by atoms with Gasteiger partial charge in [-0.05, 0) is 6.07 Å². The molecule has 1 rings (SSSR count). The summed E-state index contributed by atoms with van der Waals surface area (Å²) in [5.74, 6) is -2.38. The minimum absolute atomic E-state index is 0.148. The molecule has 0 amide bonds. The number of hydrogen-bond acceptors (Lipinski definition) is 2. The van der Waals surface area contributed by atoms with Crippen LogP contribution in [-0.4, -0.2) is 18.2 Å². The lowest BCUT2D eigenvalue weighted by atomic mass is 10.2. The maximum atomic E-state index is 13.0. The van der Waals surface area contributed by atoms with E-state index in [1.165, 1.54) is 7.11 Å². The van der Waals surface area contributed by atoms with Crippen molar-refractivity contribution in [2.24, 2.45) is 0 Å². The van der Waals surface area contributed by atoms with E-state index >= 15 is 0 Å². The maximum absolute atomic E-state index is 13.0. The fourth-order valence-electron chi connectivity index (χ4n) is 0.937. The van der Waals surface area contributed by atoms with Gasteiger partial charge in [-0.2, -0.15) is 0 Å². The van der Waals surface area contributed by atoms with E-state index in [9.17, 15) is 9.18 Å². The van der Waals surface area contributed by atoms with Crippen LogP contribution in [0.5, 0.6) is 5.75 Å².